The SMILES string of the molecule is C=C/C=C(\C=C/N(c1ccc(-c2ccc(C3=CCCC=C3)cc2)cc1)c1ccc(-c2ccc(-c3ccccc3)cc2)cc1)c1ccc(-c2cccc3c2oc2ccccc23)cc1. The summed E-state index contributed by atoms with van der Waals surface area (Å²) in [5.74, 6) is 0. The van der Waals surface area contributed by atoms with Gasteiger partial charge in [-0.1, -0.05) is 201 Å². The molecule has 1 heterocycles. The fraction of sp³-hybridized carbons (Fsp3) is 0.0333. The van der Waals surface area contributed by atoms with Gasteiger partial charge in [0.2, 0.25) is 0 Å². The van der Waals surface area contributed by atoms with E-state index in [4.69, 9.17) is 4.42 Å². The van der Waals surface area contributed by atoms with Crippen molar-refractivity contribution in [2.45, 2.75) is 12.8 Å². The van der Waals surface area contributed by atoms with Gasteiger partial charge in [0, 0.05) is 33.9 Å². The molecule has 2 nitrogen and oxygen atoms in total. The largest absolute Gasteiger partial charge is 0.455 e. The van der Waals surface area contributed by atoms with Gasteiger partial charge in [-0.05, 0) is 110 Å². The van der Waals surface area contributed by atoms with Gasteiger partial charge in [0.1, 0.15) is 11.2 Å². The number of furan rings is 1. The van der Waals surface area contributed by atoms with Gasteiger partial charge in [0.25, 0.3) is 0 Å². The van der Waals surface area contributed by atoms with E-state index in [-0.39, 0.29) is 0 Å². The lowest BCUT2D eigenvalue weighted by Crippen LogP contribution is -2.08. The summed E-state index contributed by atoms with van der Waals surface area (Å²) in [6.45, 7) is 4.08. The van der Waals surface area contributed by atoms with E-state index in [1.807, 2.05) is 18.2 Å². The Morgan fingerprint density at radius 2 is 1.02 bits per heavy atom. The molecule has 1 aromatic heterocycles. The maximum atomic E-state index is 6.37. The van der Waals surface area contributed by atoms with Crippen LogP contribution >= 0.6 is 0 Å². The van der Waals surface area contributed by atoms with Crippen LogP contribution in [0.2, 0.25) is 0 Å². The number of hydrogen-bond acceptors (Lipinski definition) is 2. The second-order valence-corrected chi connectivity index (χ2v) is 15.7. The first-order chi connectivity index (χ1) is 30.7. The number of benzene rings is 8. The minimum absolute atomic E-state index is 0.902. The molecule has 296 valence electrons. The van der Waals surface area contributed by atoms with E-state index < -0.39 is 0 Å². The quantitative estimate of drug-likeness (QED) is 0.121. The van der Waals surface area contributed by atoms with Gasteiger partial charge in [-0.25, -0.2) is 0 Å². The second-order valence-electron chi connectivity index (χ2n) is 15.7. The molecular formula is C60H45NO. The number of allylic oxidation sites excluding steroid dienone is 8. The molecule has 0 N–H and O–H groups in total. The smallest absolute Gasteiger partial charge is 0.143 e. The van der Waals surface area contributed by atoms with Crippen LogP contribution in [0.4, 0.5) is 11.4 Å². The number of fused-ring (bicyclic) bond motifs is 3. The molecule has 0 fully saturated rings. The minimum atomic E-state index is 0.902. The van der Waals surface area contributed by atoms with Crippen LogP contribution in [0.3, 0.4) is 0 Å². The molecule has 0 aliphatic heterocycles. The van der Waals surface area contributed by atoms with Crippen LogP contribution in [0, 0.1) is 0 Å². The molecule has 1 aliphatic carbocycles. The summed E-state index contributed by atoms with van der Waals surface area (Å²) in [5.41, 5.74) is 18.0. The van der Waals surface area contributed by atoms with Gasteiger partial charge in [-0.3, -0.25) is 0 Å². The van der Waals surface area contributed by atoms with Crippen molar-refractivity contribution in [2.24, 2.45) is 0 Å². The average Bonchev–Trinajstić information content (AvgIpc) is 3.74. The monoisotopic (exact) mass is 795 g/mol. The average molecular weight is 796 g/mol. The highest BCUT2D eigenvalue weighted by Crippen LogP contribution is 2.37. The zero-order valence-corrected chi connectivity index (χ0v) is 34.5. The van der Waals surface area contributed by atoms with Crippen molar-refractivity contribution in [1.82, 2.24) is 0 Å². The van der Waals surface area contributed by atoms with Crippen LogP contribution in [-0.2, 0) is 0 Å². The van der Waals surface area contributed by atoms with Crippen LogP contribution in [0.5, 0.6) is 0 Å². The molecule has 0 spiro atoms. The highest BCUT2D eigenvalue weighted by Gasteiger charge is 2.14. The molecular weight excluding hydrogens is 751 g/mol. The Morgan fingerprint density at radius 3 is 1.61 bits per heavy atom. The van der Waals surface area contributed by atoms with E-state index in [2.05, 4.69) is 230 Å². The number of nitrogens with zero attached hydrogens (tertiary/aromatic N) is 1. The Balaban J connectivity index is 0.955. The van der Waals surface area contributed by atoms with Gasteiger partial charge < -0.3 is 9.32 Å². The predicted octanol–water partition coefficient (Wildman–Crippen LogP) is 16.9. The zero-order valence-electron chi connectivity index (χ0n) is 34.5. The fourth-order valence-corrected chi connectivity index (χ4v) is 8.47. The van der Waals surface area contributed by atoms with Crippen LogP contribution < -0.4 is 4.90 Å². The first-order valence-corrected chi connectivity index (χ1v) is 21.3. The number of rotatable bonds is 11. The molecule has 0 amide bonds. The number of anilines is 2. The number of hydrogen-bond donors (Lipinski definition) is 0. The van der Waals surface area contributed by atoms with Gasteiger partial charge in [-0.15, -0.1) is 0 Å². The Bertz CT molecular complexity index is 3120. The first-order valence-electron chi connectivity index (χ1n) is 21.3. The summed E-state index contributed by atoms with van der Waals surface area (Å²) in [5, 5.41) is 2.26. The Morgan fingerprint density at radius 1 is 0.484 bits per heavy atom. The van der Waals surface area contributed by atoms with E-state index >= 15 is 0 Å². The molecule has 0 radical (unpaired) electrons. The molecule has 0 bridgehead atoms. The van der Waals surface area contributed by atoms with E-state index in [1.165, 1.54) is 44.5 Å². The third kappa shape index (κ3) is 7.90. The number of para-hydroxylation sites is 2. The third-order valence-corrected chi connectivity index (χ3v) is 11.8. The third-order valence-electron chi connectivity index (χ3n) is 11.8. The van der Waals surface area contributed by atoms with Gasteiger partial charge in [-0.2, -0.15) is 0 Å². The summed E-state index contributed by atoms with van der Waals surface area (Å²) in [4.78, 5) is 2.25. The highest BCUT2D eigenvalue weighted by atomic mass is 16.3. The van der Waals surface area contributed by atoms with Crippen LogP contribution in [0.25, 0.3) is 77.6 Å². The molecule has 2 heteroatoms. The van der Waals surface area contributed by atoms with Crippen molar-refractivity contribution in [2.75, 3.05) is 4.90 Å². The zero-order chi connectivity index (χ0) is 41.7. The fourth-order valence-electron chi connectivity index (χ4n) is 8.47. The molecule has 0 saturated carbocycles. The lowest BCUT2D eigenvalue weighted by Gasteiger charge is -2.22. The maximum Gasteiger partial charge on any atom is 0.143 e. The van der Waals surface area contributed by atoms with Gasteiger partial charge in [0.15, 0.2) is 0 Å². The van der Waals surface area contributed by atoms with Crippen molar-refractivity contribution < 1.29 is 4.42 Å². The van der Waals surface area contributed by atoms with E-state index in [1.54, 1.807) is 0 Å². The van der Waals surface area contributed by atoms with Crippen molar-refractivity contribution >= 4 is 44.5 Å². The summed E-state index contributed by atoms with van der Waals surface area (Å²) in [6.07, 6.45) is 17.3. The molecule has 0 atom stereocenters. The van der Waals surface area contributed by atoms with Crippen LogP contribution in [-0.4, -0.2) is 0 Å². The van der Waals surface area contributed by atoms with Crippen molar-refractivity contribution in [1.29, 1.82) is 0 Å². The van der Waals surface area contributed by atoms with Crippen molar-refractivity contribution in [3.8, 4) is 44.5 Å². The molecule has 1 aliphatic rings. The van der Waals surface area contributed by atoms with Crippen molar-refractivity contribution in [3.05, 3.63) is 254 Å². The molecule has 0 unspecified atom stereocenters. The maximum absolute atomic E-state index is 6.37. The minimum Gasteiger partial charge on any atom is -0.455 e. The van der Waals surface area contributed by atoms with Crippen molar-refractivity contribution in [3.63, 3.8) is 0 Å². The summed E-state index contributed by atoms with van der Waals surface area (Å²) < 4.78 is 6.37. The second kappa shape index (κ2) is 17.3. The van der Waals surface area contributed by atoms with E-state index in [0.29, 0.717) is 0 Å². The molecule has 10 rings (SSSR count). The Kier molecular flexibility index (Phi) is 10.7. The standard InChI is InChI=1S/C60H45NO/c1-2-12-43(46-29-31-53(32-30-46)56-18-11-19-58-57-17-9-10-20-59(57)62-60(56)58)41-42-61(54-37-33-51(34-38-54)49-25-21-47(22-26-49)44-13-5-3-6-14-44)55-39-35-52(36-40-55)50-27-23-48(24-28-50)45-15-7-4-8-16-45/h2-3,5-7,9-42H,1,4,8H2/b42-41-,43-12+. The Hall–Kier alpha value is -7.94. The first kappa shape index (κ1) is 38.3. The van der Waals surface area contributed by atoms with Crippen LogP contribution in [0.1, 0.15) is 24.0 Å². The molecule has 8 aromatic carbocycles. The van der Waals surface area contributed by atoms with E-state index in [0.717, 1.165) is 68.4 Å². The highest BCUT2D eigenvalue weighted by molar-refractivity contribution is 6.09. The van der Waals surface area contributed by atoms with Gasteiger partial charge >= 0.3 is 0 Å². The normalized spacial score (nSPS) is 12.8. The van der Waals surface area contributed by atoms with Gasteiger partial charge in [0.05, 0.1) is 0 Å². The lowest BCUT2D eigenvalue weighted by molar-refractivity contribution is 0.670. The lowest BCUT2D eigenvalue weighted by atomic mass is 9.97. The summed E-state index contributed by atoms with van der Waals surface area (Å²) in [7, 11) is 0. The summed E-state index contributed by atoms with van der Waals surface area (Å²) in [6, 6.07) is 69.3. The van der Waals surface area contributed by atoms with Crippen LogP contribution in [0.15, 0.2) is 248 Å². The van der Waals surface area contributed by atoms with E-state index in [9.17, 15) is 0 Å². The predicted molar refractivity (Wildman–Crippen MR) is 264 cm³/mol. The molecule has 62 heavy (non-hydrogen) atoms. The summed E-state index contributed by atoms with van der Waals surface area (Å²) >= 11 is 0. The Labute approximate surface area is 364 Å². The molecule has 9 aromatic rings. The molecule has 0 saturated heterocycles. The topological polar surface area (TPSA) is 16.4 Å².